The summed E-state index contributed by atoms with van der Waals surface area (Å²) in [4.78, 5) is 12.2. The number of aromatic nitrogens is 2. The fourth-order valence-corrected chi connectivity index (χ4v) is 4.96. The molecule has 0 radical (unpaired) electrons. The average Bonchev–Trinajstić information content (AvgIpc) is 3.13. The number of hydrogen-bond donors (Lipinski definition) is 0. The van der Waals surface area contributed by atoms with Gasteiger partial charge in [-0.3, -0.25) is 9.88 Å². The van der Waals surface area contributed by atoms with E-state index < -0.39 is 0 Å². The second-order valence-corrected chi connectivity index (χ2v) is 8.13. The van der Waals surface area contributed by atoms with Crippen LogP contribution in [0.5, 0.6) is 0 Å². The SMILES string of the molecule is c1ccc2nc(CN3CCC(c4nc5ccccc5s4)CC3)ccc2c1. The normalized spacial score (nSPS) is 16.5. The summed E-state index contributed by atoms with van der Waals surface area (Å²) in [5.74, 6) is 0.605. The smallest absolute Gasteiger partial charge is 0.0970 e. The molecular formula is C22H21N3S. The lowest BCUT2D eigenvalue weighted by Gasteiger charge is -2.30. The minimum absolute atomic E-state index is 0.605. The van der Waals surface area contributed by atoms with Crippen molar-refractivity contribution in [2.75, 3.05) is 13.1 Å². The molecule has 3 heterocycles. The standard InChI is InChI=1S/C22H21N3S/c1-2-6-19-16(5-1)9-10-18(23-19)15-25-13-11-17(12-14-25)22-24-20-7-3-4-8-21(20)26-22/h1-10,17H,11-15H2. The number of para-hydroxylation sites is 2. The zero-order chi connectivity index (χ0) is 17.3. The van der Waals surface area contributed by atoms with Crippen molar-refractivity contribution in [3.05, 3.63) is 71.4 Å². The van der Waals surface area contributed by atoms with Crippen molar-refractivity contribution < 1.29 is 0 Å². The Kier molecular flexibility index (Phi) is 4.15. The predicted octanol–water partition coefficient (Wildman–Crippen LogP) is 5.22. The number of nitrogens with zero attached hydrogens (tertiary/aromatic N) is 3. The molecule has 1 saturated heterocycles. The van der Waals surface area contributed by atoms with Crippen LogP contribution in [0.1, 0.15) is 29.5 Å². The Morgan fingerprint density at radius 2 is 1.62 bits per heavy atom. The van der Waals surface area contributed by atoms with Gasteiger partial charge in [0, 0.05) is 17.8 Å². The maximum Gasteiger partial charge on any atom is 0.0970 e. The maximum atomic E-state index is 4.87. The van der Waals surface area contributed by atoms with Crippen molar-refractivity contribution >= 4 is 32.5 Å². The predicted molar refractivity (Wildman–Crippen MR) is 109 cm³/mol. The molecule has 130 valence electrons. The number of fused-ring (bicyclic) bond motifs is 2. The third-order valence-electron chi connectivity index (χ3n) is 5.29. The van der Waals surface area contributed by atoms with Crippen LogP contribution < -0.4 is 0 Å². The van der Waals surface area contributed by atoms with Crippen molar-refractivity contribution in [2.45, 2.75) is 25.3 Å². The van der Waals surface area contributed by atoms with Gasteiger partial charge in [-0.1, -0.05) is 36.4 Å². The zero-order valence-electron chi connectivity index (χ0n) is 14.6. The Morgan fingerprint density at radius 1 is 0.846 bits per heavy atom. The number of hydrogen-bond acceptors (Lipinski definition) is 4. The van der Waals surface area contributed by atoms with Crippen molar-refractivity contribution in [2.24, 2.45) is 0 Å². The van der Waals surface area contributed by atoms with E-state index in [4.69, 9.17) is 9.97 Å². The van der Waals surface area contributed by atoms with Gasteiger partial charge >= 0.3 is 0 Å². The Hall–Kier alpha value is -2.30. The summed E-state index contributed by atoms with van der Waals surface area (Å²) in [6.07, 6.45) is 2.38. The van der Waals surface area contributed by atoms with Crippen molar-refractivity contribution in [3.8, 4) is 0 Å². The molecule has 1 aliphatic rings. The molecule has 0 saturated carbocycles. The van der Waals surface area contributed by atoms with Crippen LogP contribution in [-0.4, -0.2) is 28.0 Å². The quantitative estimate of drug-likeness (QED) is 0.502. The average molecular weight is 359 g/mol. The van der Waals surface area contributed by atoms with Gasteiger partial charge in [0.2, 0.25) is 0 Å². The van der Waals surface area contributed by atoms with Crippen LogP contribution in [0.25, 0.3) is 21.1 Å². The summed E-state index contributed by atoms with van der Waals surface area (Å²) in [6.45, 7) is 3.18. The summed E-state index contributed by atoms with van der Waals surface area (Å²) < 4.78 is 1.31. The lowest BCUT2D eigenvalue weighted by Crippen LogP contribution is -2.32. The van der Waals surface area contributed by atoms with E-state index in [1.165, 1.54) is 33.6 Å². The van der Waals surface area contributed by atoms with Gasteiger partial charge in [-0.2, -0.15) is 0 Å². The molecule has 4 heteroatoms. The molecule has 2 aromatic heterocycles. The minimum atomic E-state index is 0.605. The van der Waals surface area contributed by atoms with Gasteiger partial charge in [-0.15, -0.1) is 11.3 Å². The van der Waals surface area contributed by atoms with Gasteiger partial charge in [0.05, 0.1) is 26.4 Å². The highest BCUT2D eigenvalue weighted by Gasteiger charge is 2.23. The van der Waals surface area contributed by atoms with E-state index in [1.54, 1.807) is 0 Å². The van der Waals surface area contributed by atoms with Crippen molar-refractivity contribution in [1.29, 1.82) is 0 Å². The second kappa shape index (κ2) is 6.78. The number of rotatable bonds is 3. The third kappa shape index (κ3) is 3.11. The van der Waals surface area contributed by atoms with Crippen LogP contribution >= 0.6 is 11.3 Å². The van der Waals surface area contributed by atoms with E-state index >= 15 is 0 Å². The van der Waals surface area contributed by atoms with E-state index in [2.05, 4.69) is 65.6 Å². The zero-order valence-corrected chi connectivity index (χ0v) is 15.5. The highest BCUT2D eigenvalue weighted by Crippen LogP contribution is 2.34. The third-order valence-corrected chi connectivity index (χ3v) is 6.49. The van der Waals surface area contributed by atoms with Gasteiger partial charge in [0.15, 0.2) is 0 Å². The fraction of sp³-hybridized carbons (Fsp3) is 0.273. The summed E-state index contributed by atoms with van der Waals surface area (Å²) in [7, 11) is 0. The van der Waals surface area contributed by atoms with Crippen LogP contribution in [0.4, 0.5) is 0 Å². The van der Waals surface area contributed by atoms with Gasteiger partial charge < -0.3 is 0 Å². The largest absolute Gasteiger partial charge is 0.297 e. The number of piperidine rings is 1. The first-order valence-electron chi connectivity index (χ1n) is 9.28. The molecule has 0 amide bonds. The number of thiazole rings is 1. The van der Waals surface area contributed by atoms with Crippen molar-refractivity contribution in [1.82, 2.24) is 14.9 Å². The monoisotopic (exact) mass is 359 g/mol. The molecule has 0 N–H and O–H groups in total. The topological polar surface area (TPSA) is 29.0 Å². The van der Waals surface area contributed by atoms with E-state index in [9.17, 15) is 0 Å². The van der Waals surface area contributed by atoms with Crippen LogP contribution in [0.2, 0.25) is 0 Å². The highest BCUT2D eigenvalue weighted by atomic mass is 32.1. The first-order chi connectivity index (χ1) is 12.8. The Labute approximate surface area is 157 Å². The molecule has 1 aliphatic heterocycles. The lowest BCUT2D eigenvalue weighted by atomic mass is 9.97. The molecule has 0 spiro atoms. The molecular weight excluding hydrogens is 338 g/mol. The van der Waals surface area contributed by atoms with Gasteiger partial charge in [-0.05, 0) is 50.2 Å². The minimum Gasteiger partial charge on any atom is -0.297 e. The molecule has 0 atom stereocenters. The summed E-state index contributed by atoms with van der Waals surface area (Å²) in [5.41, 5.74) is 3.41. The molecule has 0 bridgehead atoms. The van der Waals surface area contributed by atoms with Gasteiger partial charge in [0.1, 0.15) is 0 Å². The molecule has 0 unspecified atom stereocenters. The summed E-state index contributed by atoms with van der Waals surface area (Å²) in [5, 5.41) is 2.53. The maximum absolute atomic E-state index is 4.87. The molecule has 3 nitrogen and oxygen atoms in total. The van der Waals surface area contributed by atoms with Crippen molar-refractivity contribution in [3.63, 3.8) is 0 Å². The Balaban J connectivity index is 1.26. The van der Waals surface area contributed by atoms with Crippen LogP contribution in [0.3, 0.4) is 0 Å². The Morgan fingerprint density at radius 3 is 2.46 bits per heavy atom. The van der Waals surface area contributed by atoms with E-state index in [1.807, 2.05) is 11.3 Å². The molecule has 4 aromatic rings. The molecule has 5 rings (SSSR count). The molecule has 26 heavy (non-hydrogen) atoms. The summed E-state index contributed by atoms with van der Waals surface area (Å²) >= 11 is 1.87. The van der Waals surface area contributed by atoms with Gasteiger partial charge in [0.25, 0.3) is 0 Å². The van der Waals surface area contributed by atoms with E-state index in [-0.39, 0.29) is 0 Å². The van der Waals surface area contributed by atoms with Crippen LogP contribution in [-0.2, 0) is 6.54 Å². The number of likely N-dealkylation sites (tertiary alicyclic amines) is 1. The highest BCUT2D eigenvalue weighted by molar-refractivity contribution is 7.18. The Bertz CT molecular complexity index is 1010. The number of benzene rings is 2. The molecule has 1 fully saturated rings. The molecule has 2 aromatic carbocycles. The van der Waals surface area contributed by atoms with Crippen LogP contribution in [0.15, 0.2) is 60.7 Å². The van der Waals surface area contributed by atoms with E-state index in [0.29, 0.717) is 5.92 Å². The fourth-order valence-electron chi connectivity index (χ4n) is 3.83. The van der Waals surface area contributed by atoms with E-state index in [0.717, 1.165) is 30.7 Å². The van der Waals surface area contributed by atoms with Gasteiger partial charge in [-0.25, -0.2) is 4.98 Å². The second-order valence-electron chi connectivity index (χ2n) is 7.07. The first-order valence-corrected chi connectivity index (χ1v) is 10.1. The number of pyridine rings is 1. The first kappa shape index (κ1) is 15.9. The summed E-state index contributed by atoms with van der Waals surface area (Å²) in [6, 6.07) is 21.2. The lowest BCUT2D eigenvalue weighted by molar-refractivity contribution is 0.202. The molecule has 0 aliphatic carbocycles. The van der Waals surface area contributed by atoms with Crippen LogP contribution in [0, 0.1) is 0 Å².